The lowest BCUT2D eigenvalue weighted by molar-refractivity contribution is -0.136. The van der Waals surface area contributed by atoms with Gasteiger partial charge in [-0.3, -0.25) is 9.78 Å². The molecule has 0 fully saturated rings. The van der Waals surface area contributed by atoms with Gasteiger partial charge in [0.15, 0.2) is 0 Å². The normalized spacial score (nSPS) is 10.9. The van der Waals surface area contributed by atoms with Crippen LogP contribution in [0.3, 0.4) is 0 Å². The Labute approximate surface area is 168 Å². The number of aromatic nitrogens is 1. The predicted molar refractivity (Wildman–Crippen MR) is 114 cm³/mol. The number of halogens is 1. The second-order valence-corrected chi connectivity index (χ2v) is 7.23. The summed E-state index contributed by atoms with van der Waals surface area (Å²) in [6.07, 6.45) is 3.53. The van der Waals surface area contributed by atoms with E-state index in [2.05, 4.69) is 29.2 Å². The van der Waals surface area contributed by atoms with Crippen LogP contribution in [0.15, 0.2) is 73.1 Å². The van der Waals surface area contributed by atoms with Gasteiger partial charge in [0, 0.05) is 17.4 Å². The third kappa shape index (κ3) is 3.49. The molecule has 0 saturated heterocycles. The van der Waals surface area contributed by atoms with Crippen molar-refractivity contribution in [2.24, 2.45) is 0 Å². The predicted octanol–water partition coefficient (Wildman–Crippen LogP) is 6.16. The minimum Gasteiger partial charge on any atom is -0.481 e. The van der Waals surface area contributed by atoms with Crippen molar-refractivity contribution >= 4 is 28.3 Å². The van der Waals surface area contributed by atoms with Crippen molar-refractivity contribution < 1.29 is 9.90 Å². The van der Waals surface area contributed by atoms with Crippen molar-refractivity contribution in [1.29, 1.82) is 0 Å². The molecule has 1 N–H and O–H groups in total. The second kappa shape index (κ2) is 7.45. The molecule has 1 heterocycles. The number of fused-ring (bicyclic) bond motifs is 1. The highest BCUT2D eigenvalue weighted by Gasteiger charge is 2.16. The van der Waals surface area contributed by atoms with E-state index in [-0.39, 0.29) is 6.42 Å². The third-order valence-electron chi connectivity index (χ3n) is 4.95. The maximum atomic E-state index is 11.5. The number of carboxylic acid groups (broad SMARTS) is 1. The summed E-state index contributed by atoms with van der Waals surface area (Å²) in [7, 11) is 0. The van der Waals surface area contributed by atoms with Crippen LogP contribution in [-0.4, -0.2) is 16.1 Å². The van der Waals surface area contributed by atoms with Crippen LogP contribution in [0.25, 0.3) is 33.0 Å². The van der Waals surface area contributed by atoms with Gasteiger partial charge in [0.05, 0.1) is 6.42 Å². The molecule has 0 radical (unpaired) electrons. The number of aryl methyl sites for hydroxylation is 1. The molecule has 0 unspecified atom stereocenters. The molecule has 28 heavy (non-hydrogen) atoms. The first-order valence-electron chi connectivity index (χ1n) is 8.97. The lowest BCUT2D eigenvalue weighted by Crippen LogP contribution is -2.05. The molecule has 3 aromatic carbocycles. The third-order valence-corrected chi connectivity index (χ3v) is 5.20. The lowest BCUT2D eigenvalue weighted by atomic mass is 9.87. The maximum absolute atomic E-state index is 11.5. The highest BCUT2D eigenvalue weighted by molar-refractivity contribution is 6.30. The van der Waals surface area contributed by atoms with Crippen molar-refractivity contribution in [2.45, 2.75) is 13.3 Å². The van der Waals surface area contributed by atoms with Crippen molar-refractivity contribution in [1.82, 2.24) is 4.98 Å². The molecular weight excluding hydrogens is 370 g/mol. The number of pyridine rings is 1. The summed E-state index contributed by atoms with van der Waals surface area (Å²) in [4.78, 5) is 15.6. The van der Waals surface area contributed by atoms with E-state index in [0.29, 0.717) is 5.02 Å². The molecule has 4 aromatic rings. The molecule has 0 aliphatic carbocycles. The monoisotopic (exact) mass is 387 g/mol. The fraction of sp³-hybridized carbons (Fsp3) is 0.0833. The average Bonchev–Trinajstić information content (AvgIpc) is 2.69. The molecule has 4 heteroatoms. The summed E-state index contributed by atoms with van der Waals surface area (Å²) in [5, 5.41) is 12.2. The van der Waals surface area contributed by atoms with Gasteiger partial charge in [-0.05, 0) is 81.4 Å². The standard InChI is InChI=1S/C24H18ClNO2/c1-15-12-19-13-18(16-8-10-26-11-9-16)4-7-21(19)24(22(15)14-23(27)28)17-2-5-20(25)6-3-17/h2-13H,14H2,1H3,(H,27,28). The fourth-order valence-electron chi connectivity index (χ4n) is 3.64. The van der Waals surface area contributed by atoms with E-state index >= 15 is 0 Å². The Bertz CT molecular complexity index is 1170. The summed E-state index contributed by atoms with van der Waals surface area (Å²) in [5.41, 5.74) is 5.91. The average molecular weight is 388 g/mol. The topological polar surface area (TPSA) is 50.2 Å². The van der Waals surface area contributed by atoms with E-state index in [9.17, 15) is 9.90 Å². The Morgan fingerprint density at radius 2 is 1.61 bits per heavy atom. The Kier molecular flexibility index (Phi) is 4.84. The Morgan fingerprint density at radius 1 is 0.929 bits per heavy atom. The first-order valence-corrected chi connectivity index (χ1v) is 9.35. The quantitative estimate of drug-likeness (QED) is 0.456. The minimum absolute atomic E-state index is 0.0220. The molecule has 3 nitrogen and oxygen atoms in total. The number of benzene rings is 3. The zero-order chi connectivity index (χ0) is 19.7. The summed E-state index contributed by atoms with van der Waals surface area (Å²) in [6.45, 7) is 1.97. The van der Waals surface area contributed by atoms with E-state index in [1.165, 1.54) is 0 Å². The van der Waals surface area contributed by atoms with Gasteiger partial charge in [0.1, 0.15) is 0 Å². The number of hydrogen-bond acceptors (Lipinski definition) is 2. The first kappa shape index (κ1) is 18.2. The molecular formula is C24H18ClNO2. The highest BCUT2D eigenvalue weighted by atomic mass is 35.5. The van der Waals surface area contributed by atoms with Gasteiger partial charge in [-0.1, -0.05) is 41.9 Å². The van der Waals surface area contributed by atoms with E-state index in [0.717, 1.165) is 44.2 Å². The Morgan fingerprint density at radius 3 is 2.29 bits per heavy atom. The van der Waals surface area contributed by atoms with Gasteiger partial charge in [-0.25, -0.2) is 0 Å². The number of aliphatic carboxylic acids is 1. The molecule has 0 aliphatic rings. The summed E-state index contributed by atoms with van der Waals surface area (Å²) < 4.78 is 0. The first-order chi connectivity index (χ1) is 13.5. The molecule has 4 rings (SSSR count). The Hall–Kier alpha value is -3.17. The van der Waals surface area contributed by atoms with E-state index in [4.69, 9.17) is 11.6 Å². The van der Waals surface area contributed by atoms with Crippen molar-refractivity contribution in [3.63, 3.8) is 0 Å². The number of hydrogen-bond donors (Lipinski definition) is 1. The van der Waals surface area contributed by atoms with Crippen LogP contribution in [0.1, 0.15) is 11.1 Å². The van der Waals surface area contributed by atoms with E-state index in [1.54, 1.807) is 12.4 Å². The van der Waals surface area contributed by atoms with Gasteiger partial charge in [-0.2, -0.15) is 0 Å². The summed E-state index contributed by atoms with van der Waals surface area (Å²) in [6, 6.07) is 19.9. The zero-order valence-electron chi connectivity index (χ0n) is 15.3. The van der Waals surface area contributed by atoms with Crippen molar-refractivity contribution in [3.05, 3.63) is 89.2 Å². The van der Waals surface area contributed by atoms with Crippen LogP contribution < -0.4 is 0 Å². The number of carboxylic acids is 1. The van der Waals surface area contributed by atoms with Gasteiger partial charge in [0.2, 0.25) is 0 Å². The highest BCUT2D eigenvalue weighted by Crippen LogP contribution is 2.37. The maximum Gasteiger partial charge on any atom is 0.307 e. The van der Waals surface area contributed by atoms with Gasteiger partial charge >= 0.3 is 5.97 Å². The lowest BCUT2D eigenvalue weighted by Gasteiger charge is -2.17. The second-order valence-electron chi connectivity index (χ2n) is 6.80. The fourth-order valence-corrected chi connectivity index (χ4v) is 3.77. The molecule has 0 bridgehead atoms. The van der Waals surface area contributed by atoms with Crippen LogP contribution in [0.4, 0.5) is 0 Å². The number of rotatable bonds is 4. The van der Waals surface area contributed by atoms with Crippen LogP contribution >= 0.6 is 11.6 Å². The van der Waals surface area contributed by atoms with Gasteiger partial charge in [0.25, 0.3) is 0 Å². The number of carbonyl (C=O) groups is 1. The minimum atomic E-state index is -0.842. The molecule has 0 aliphatic heterocycles. The van der Waals surface area contributed by atoms with Crippen molar-refractivity contribution in [2.75, 3.05) is 0 Å². The molecule has 138 valence electrons. The zero-order valence-corrected chi connectivity index (χ0v) is 16.1. The number of nitrogens with zero attached hydrogens (tertiary/aromatic N) is 1. The van der Waals surface area contributed by atoms with E-state index in [1.807, 2.05) is 43.3 Å². The molecule has 0 amide bonds. The van der Waals surface area contributed by atoms with Crippen LogP contribution in [0.5, 0.6) is 0 Å². The van der Waals surface area contributed by atoms with Crippen LogP contribution in [0, 0.1) is 6.92 Å². The van der Waals surface area contributed by atoms with E-state index < -0.39 is 5.97 Å². The van der Waals surface area contributed by atoms with Crippen LogP contribution in [0.2, 0.25) is 5.02 Å². The molecule has 1 aromatic heterocycles. The summed E-state index contributed by atoms with van der Waals surface area (Å²) >= 11 is 6.06. The summed E-state index contributed by atoms with van der Waals surface area (Å²) in [5.74, 6) is -0.842. The molecule has 0 spiro atoms. The molecule has 0 saturated carbocycles. The SMILES string of the molecule is Cc1cc2cc(-c3ccncc3)ccc2c(-c2ccc(Cl)cc2)c1CC(=O)O. The van der Waals surface area contributed by atoms with Gasteiger partial charge in [-0.15, -0.1) is 0 Å². The van der Waals surface area contributed by atoms with Gasteiger partial charge < -0.3 is 5.11 Å². The largest absolute Gasteiger partial charge is 0.481 e. The molecule has 0 atom stereocenters. The Balaban J connectivity index is 1.99. The van der Waals surface area contributed by atoms with Crippen LogP contribution in [-0.2, 0) is 11.2 Å². The smallest absolute Gasteiger partial charge is 0.307 e. The van der Waals surface area contributed by atoms with Crippen molar-refractivity contribution in [3.8, 4) is 22.3 Å².